The third kappa shape index (κ3) is 4.47. The molecule has 0 saturated carbocycles. The van der Waals surface area contributed by atoms with Crippen molar-refractivity contribution in [3.05, 3.63) is 41.5 Å². The Bertz CT molecular complexity index is 396. The summed E-state index contributed by atoms with van der Waals surface area (Å²) in [5.41, 5.74) is 2.46. The van der Waals surface area contributed by atoms with Crippen molar-refractivity contribution in [1.29, 1.82) is 0 Å². The zero-order valence-electron chi connectivity index (χ0n) is 10.3. The van der Waals surface area contributed by atoms with Gasteiger partial charge in [-0.05, 0) is 61.4 Å². The number of hydrogen-bond acceptors (Lipinski definition) is 1. The fraction of sp³-hybridized carbons (Fsp3) is 0.357. The lowest BCUT2D eigenvalue weighted by atomic mass is 10.1. The number of benzene rings is 1. The van der Waals surface area contributed by atoms with E-state index in [1.165, 1.54) is 14.7 Å². The number of hydrogen-bond donors (Lipinski definition) is 0. The maximum atomic E-state index is 4.52. The van der Waals surface area contributed by atoms with Gasteiger partial charge in [0.1, 0.15) is 0 Å². The van der Waals surface area contributed by atoms with Crippen molar-refractivity contribution >= 4 is 32.4 Å². The van der Waals surface area contributed by atoms with E-state index < -0.39 is 0 Å². The van der Waals surface area contributed by atoms with Crippen LogP contribution >= 0.6 is 22.6 Å². The quantitative estimate of drug-likeness (QED) is 0.550. The number of nitrogens with zero attached hydrogens (tertiary/aromatic N) is 1. The van der Waals surface area contributed by atoms with Crippen LogP contribution in [0.5, 0.6) is 0 Å². The van der Waals surface area contributed by atoms with Crippen LogP contribution in [-0.2, 0) is 0 Å². The van der Waals surface area contributed by atoms with Crippen LogP contribution in [0, 0.1) is 0 Å². The summed E-state index contributed by atoms with van der Waals surface area (Å²) in [6.07, 6.45) is 1.97. The van der Waals surface area contributed by atoms with Crippen LogP contribution in [0.15, 0.2) is 40.9 Å². The van der Waals surface area contributed by atoms with Gasteiger partial charge in [-0.3, -0.25) is 4.99 Å². The lowest BCUT2D eigenvalue weighted by molar-refractivity contribution is 0.586. The largest absolute Gasteiger partial charge is 0.287 e. The lowest BCUT2D eigenvalue weighted by Gasteiger charge is -2.11. The SMILES string of the molecule is C/C(C=NC(C)(C)C)=C(/I)c1ccccc1. The van der Waals surface area contributed by atoms with E-state index >= 15 is 0 Å². The number of halogens is 1. The Labute approximate surface area is 112 Å². The zero-order chi connectivity index (χ0) is 12.2. The molecule has 1 aromatic carbocycles. The van der Waals surface area contributed by atoms with Gasteiger partial charge >= 0.3 is 0 Å². The standard InChI is InChI=1S/C14H18IN/c1-11(10-16-14(2,3)4)13(15)12-8-6-5-7-9-12/h5-10H,1-4H3/b13-11-,16-10?. The molecule has 0 spiro atoms. The first-order valence-electron chi connectivity index (χ1n) is 5.37. The first-order valence-corrected chi connectivity index (χ1v) is 6.45. The maximum absolute atomic E-state index is 4.52. The molecule has 0 bridgehead atoms. The minimum absolute atomic E-state index is 0.00509. The second-order valence-corrected chi connectivity index (χ2v) is 5.87. The molecule has 0 aliphatic rings. The third-order valence-corrected chi connectivity index (χ3v) is 3.49. The Balaban J connectivity index is 2.94. The first-order chi connectivity index (χ1) is 7.40. The molecule has 1 rings (SSSR count). The first kappa shape index (κ1) is 13.4. The number of allylic oxidation sites excluding steroid dienone is 1. The molecular formula is C14H18IN. The van der Waals surface area contributed by atoms with Crippen molar-refractivity contribution in [2.24, 2.45) is 4.99 Å². The van der Waals surface area contributed by atoms with Gasteiger partial charge in [-0.2, -0.15) is 0 Å². The van der Waals surface area contributed by atoms with E-state index in [0.717, 1.165) is 0 Å². The van der Waals surface area contributed by atoms with Crippen LogP contribution in [0.2, 0.25) is 0 Å². The Morgan fingerprint density at radius 3 is 2.25 bits per heavy atom. The Morgan fingerprint density at radius 1 is 1.19 bits per heavy atom. The summed E-state index contributed by atoms with van der Waals surface area (Å²) in [5.74, 6) is 0. The van der Waals surface area contributed by atoms with Crippen molar-refractivity contribution in [3.8, 4) is 0 Å². The van der Waals surface area contributed by atoms with Gasteiger partial charge in [0.15, 0.2) is 0 Å². The van der Waals surface area contributed by atoms with Gasteiger partial charge in [-0.15, -0.1) is 0 Å². The summed E-state index contributed by atoms with van der Waals surface area (Å²) in [6, 6.07) is 10.4. The molecule has 0 heterocycles. The Kier molecular flexibility index (Phi) is 4.71. The van der Waals surface area contributed by atoms with Crippen molar-refractivity contribution in [2.45, 2.75) is 33.2 Å². The minimum Gasteiger partial charge on any atom is -0.287 e. The molecule has 86 valence electrons. The topological polar surface area (TPSA) is 12.4 Å². The van der Waals surface area contributed by atoms with Gasteiger partial charge in [0, 0.05) is 9.79 Å². The fourth-order valence-electron chi connectivity index (χ4n) is 1.16. The van der Waals surface area contributed by atoms with Crippen molar-refractivity contribution < 1.29 is 0 Å². The molecule has 1 aromatic rings. The van der Waals surface area contributed by atoms with Crippen molar-refractivity contribution in [1.82, 2.24) is 0 Å². The normalized spacial score (nSPS) is 14.1. The predicted octanol–water partition coefficient (Wildman–Crippen LogP) is 4.72. The van der Waals surface area contributed by atoms with Crippen LogP contribution in [0.3, 0.4) is 0 Å². The van der Waals surface area contributed by atoms with Gasteiger partial charge in [-0.1, -0.05) is 30.3 Å². The van der Waals surface area contributed by atoms with Crippen LogP contribution < -0.4 is 0 Å². The van der Waals surface area contributed by atoms with Crippen LogP contribution in [0.1, 0.15) is 33.3 Å². The lowest BCUT2D eigenvalue weighted by Crippen LogP contribution is -2.09. The van der Waals surface area contributed by atoms with Gasteiger partial charge < -0.3 is 0 Å². The molecule has 16 heavy (non-hydrogen) atoms. The van der Waals surface area contributed by atoms with E-state index in [9.17, 15) is 0 Å². The highest BCUT2D eigenvalue weighted by molar-refractivity contribution is 14.1. The van der Waals surface area contributed by atoms with Crippen molar-refractivity contribution in [3.63, 3.8) is 0 Å². The molecule has 0 aliphatic heterocycles. The third-order valence-electron chi connectivity index (χ3n) is 2.02. The van der Waals surface area contributed by atoms with E-state index in [1.54, 1.807) is 0 Å². The fourth-order valence-corrected chi connectivity index (χ4v) is 1.66. The molecule has 0 fully saturated rings. The summed E-state index contributed by atoms with van der Waals surface area (Å²) in [5, 5.41) is 0. The Hall–Kier alpha value is -0.640. The monoisotopic (exact) mass is 327 g/mol. The summed E-state index contributed by atoms with van der Waals surface area (Å²) in [6.45, 7) is 8.41. The highest BCUT2D eigenvalue weighted by Crippen LogP contribution is 2.24. The van der Waals surface area contributed by atoms with E-state index in [-0.39, 0.29) is 5.54 Å². The van der Waals surface area contributed by atoms with E-state index in [1.807, 2.05) is 12.3 Å². The molecule has 0 aliphatic carbocycles. The molecule has 0 amide bonds. The smallest absolute Gasteiger partial charge is 0.0524 e. The maximum Gasteiger partial charge on any atom is 0.0524 e. The second-order valence-electron chi connectivity index (χ2n) is 4.79. The molecule has 0 saturated heterocycles. The molecule has 0 unspecified atom stereocenters. The van der Waals surface area contributed by atoms with Crippen molar-refractivity contribution in [2.75, 3.05) is 0 Å². The molecule has 2 heteroatoms. The zero-order valence-corrected chi connectivity index (χ0v) is 12.4. The number of aliphatic imine (C=N–C) groups is 1. The highest BCUT2D eigenvalue weighted by atomic mass is 127. The molecule has 1 nitrogen and oxygen atoms in total. The minimum atomic E-state index is -0.00509. The summed E-state index contributed by atoms with van der Waals surface area (Å²) >= 11 is 2.37. The van der Waals surface area contributed by atoms with E-state index in [2.05, 4.69) is 79.5 Å². The average molecular weight is 327 g/mol. The van der Waals surface area contributed by atoms with Crippen LogP contribution in [0.25, 0.3) is 3.58 Å². The van der Waals surface area contributed by atoms with Gasteiger partial charge in [0.2, 0.25) is 0 Å². The number of rotatable bonds is 2. The second kappa shape index (κ2) is 5.62. The molecule has 0 radical (unpaired) electrons. The predicted molar refractivity (Wildman–Crippen MR) is 81.3 cm³/mol. The van der Waals surface area contributed by atoms with Crippen LogP contribution in [0.4, 0.5) is 0 Å². The van der Waals surface area contributed by atoms with Gasteiger partial charge in [-0.25, -0.2) is 0 Å². The van der Waals surface area contributed by atoms with E-state index in [4.69, 9.17) is 0 Å². The molecule has 0 N–H and O–H groups in total. The molecular weight excluding hydrogens is 309 g/mol. The summed E-state index contributed by atoms with van der Waals surface area (Å²) in [7, 11) is 0. The van der Waals surface area contributed by atoms with Crippen LogP contribution in [-0.4, -0.2) is 11.8 Å². The van der Waals surface area contributed by atoms with Gasteiger partial charge in [0.25, 0.3) is 0 Å². The average Bonchev–Trinajstić information content (AvgIpc) is 2.25. The highest BCUT2D eigenvalue weighted by Gasteiger charge is 2.06. The van der Waals surface area contributed by atoms with E-state index in [0.29, 0.717) is 0 Å². The molecule has 0 aromatic heterocycles. The van der Waals surface area contributed by atoms with Gasteiger partial charge in [0.05, 0.1) is 5.54 Å². The molecule has 0 atom stereocenters. The summed E-state index contributed by atoms with van der Waals surface area (Å²) < 4.78 is 1.26. The Morgan fingerprint density at radius 2 is 1.75 bits per heavy atom. The summed E-state index contributed by atoms with van der Waals surface area (Å²) in [4.78, 5) is 4.52.